The second kappa shape index (κ2) is 2.85. The lowest BCUT2D eigenvalue weighted by Crippen LogP contribution is -2.18. The number of hydrogen-bond donors (Lipinski definition) is 1. The molecule has 9 heavy (non-hydrogen) atoms. The van der Waals surface area contributed by atoms with E-state index in [-0.39, 0.29) is 5.91 Å². The van der Waals surface area contributed by atoms with Crippen LogP contribution >= 0.6 is 0 Å². The minimum absolute atomic E-state index is 0.261. The molecule has 0 saturated carbocycles. The molecule has 2 heteroatoms. The van der Waals surface area contributed by atoms with Gasteiger partial charge in [0.2, 0.25) is 5.91 Å². The zero-order valence-electron chi connectivity index (χ0n) is 5.81. The van der Waals surface area contributed by atoms with E-state index in [2.05, 4.69) is 12.2 Å². The number of hydrogen-bond acceptors (Lipinski definition) is 1. The van der Waals surface area contributed by atoms with E-state index < -0.39 is 0 Å². The van der Waals surface area contributed by atoms with E-state index in [1.807, 2.05) is 0 Å². The monoisotopic (exact) mass is 127 g/mol. The van der Waals surface area contributed by atoms with E-state index in [9.17, 15) is 4.79 Å². The van der Waals surface area contributed by atoms with Crippen LogP contribution in [0.4, 0.5) is 0 Å². The summed E-state index contributed by atoms with van der Waals surface area (Å²) in [5, 5.41) is 2.82. The molecule has 0 unspecified atom stereocenters. The van der Waals surface area contributed by atoms with Crippen LogP contribution in [0, 0.1) is 5.92 Å². The zero-order chi connectivity index (χ0) is 6.69. The van der Waals surface area contributed by atoms with Gasteiger partial charge in [0.1, 0.15) is 0 Å². The normalized spacial score (nSPS) is 26.3. The summed E-state index contributed by atoms with van der Waals surface area (Å²) >= 11 is 0. The average Bonchev–Trinajstić information content (AvgIpc) is 2.18. The molecule has 0 spiro atoms. The summed E-state index contributed by atoms with van der Waals surface area (Å²) in [4.78, 5) is 10.9. The second-order valence-corrected chi connectivity index (χ2v) is 2.57. The molecule has 1 aliphatic heterocycles. The molecule has 1 N–H and O–H groups in total. The predicted molar refractivity (Wildman–Crippen MR) is 36.0 cm³/mol. The molecular formula is C7H13NO. The van der Waals surface area contributed by atoms with Gasteiger partial charge in [-0.25, -0.2) is 0 Å². The predicted octanol–water partition coefficient (Wildman–Crippen LogP) is 0.923. The van der Waals surface area contributed by atoms with Gasteiger partial charge in [0, 0.05) is 12.5 Å². The third kappa shape index (κ3) is 1.44. The largest absolute Gasteiger partial charge is 0.356 e. The molecule has 0 aliphatic carbocycles. The third-order valence-corrected chi connectivity index (χ3v) is 1.80. The van der Waals surface area contributed by atoms with Crippen LogP contribution in [-0.2, 0) is 4.79 Å². The highest BCUT2D eigenvalue weighted by molar-refractivity contribution is 5.80. The Hall–Kier alpha value is -0.530. The minimum atomic E-state index is 0.261. The highest BCUT2D eigenvalue weighted by Gasteiger charge is 2.22. The second-order valence-electron chi connectivity index (χ2n) is 2.57. The first kappa shape index (κ1) is 6.59. The summed E-state index contributed by atoms with van der Waals surface area (Å²) in [6, 6.07) is 0. The molecule has 0 aromatic carbocycles. The Morgan fingerprint density at radius 1 is 1.78 bits per heavy atom. The van der Waals surface area contributed by atoms with Gasteiger partial charge in [0.05, 0.1) is 0 Å². The highest BCUT2D eigenvalue weighted by Crippen LogP contribution is 2.14. The van der Waals surface area contributed by atoms with E-state index in [0.717, 1.165) is 25.8 Å². The fraction of sp³-hybridized carbons (Fsp3) is 0.857. The van der Waals surface area contributed by atoms with Crippen molar-refractivity contribution in [2.75, 3.05) is 6.54 Å². The Kier molecular flexibility index (Phi) is 2.09. The lowest BCUT2D eigenvalue weighted by molar-refractivity contribution is -0.122. The van der Waals surface area contributed by atoms with Gasteiger partial charge in [0.15, 0.2) is 0 Å². The molecule has 1 amide bonds. The Morgan fingerprint density at radius 3 is 3.00 bits per heavy atom. The van der Waals surface area contributed by atoms with Crippen molar-refractivity contribution in [3.63, 3.8) is 0 Å². The van der Waals surface area contributed by atoms with Crippen LogP contribution in [0.25, 0.3) is 0 Å². The molecule has 52 valence electrons. The summed E-state index contributed by atoms with van der Waals surface area (Å²) in [5.41, 5.74) is 0. The van der Waals surface area contributed by atoms with Crippen molar-refractivity contribution in [3.05, 3.63) is 0 Å². The maximum atomic E-state index is 10.9. The van der Waals surface area contributed by atoms with Gasteiger partial charge >= 0.3 is 0 Å². The molecule has 1 atom stereocenters. The van der Waals surface area contributed by atoms with E-state index in [0.29, 0.717) is 5.92 Å². The van der Waals surface area contributed by atoms with E-state index in [1.165, 1.54) is 0 Å². The van der Waals surface area contributed by atoms with Crippen molar-refractivity contribution >= 4 is 5.91 Å². The number of rotatable bonds is 2. The molecule has 2 nitrogen and oxygen atoms in total. The van der Waals surface area contributed by atoms with Crippen LogP contribution in [0.2, 0.25) is 0 Å². The standard InChI is InChI=1S/C7H13NO/c1-2-3-6-4-5-8-7(6)9/h6H,2-5H2,1H3,(H,8,9)/t6-/m0/s1. The van der Waals surface area contributed by atoms with Crippen LogP contribution in [0.1, 0.15) is 26.2 Å². The minimum Gasteiger partial charge on any atom is -0.356 e. The Labute approximate surface area is 55.6 Å². The third-order valence-electron chi connectivity index (χ3n) is 1.80. The van der Waals surface area contributed by atoms with Crippen LogP contribution in [0.5, 0.6) is 0 Å². The molecule has 1 rings (SSSR count). The highest BCUT2D eigenvalue weighted by atomic mass is 16.2. The quantitative estimate of drug-likeness (QED) is 0.587. The lowest BCUT2D eigenvalue weighted by atomic mass is 10.0. The number of nitrogens with one attached hydrogen (secondary N) is 1. The summed E-state index contributed by atoms with van der Waals surface area (Å²) in [6.07, 6.45) is 3.23. The fourth-order valence-corrected chi connectivity index (χ4v) is 1.27. The van der Waals surface area contributed by atoms with Crippen molar-refractivity contribution in [2.45, 2.75) is 26.2 Å². The first-order chi connectivity index (χ1) is 4.34. The van der Waals surface area contributed by atoms with Crippen LogP contribution in [-0.4, -0.2) is 12.5 Å². The SMILES string of the molecule is CCC[C@H]1CCNC1=O. The summed E-state index contributed by atoms with van der Waals surface area (Å²) in [7, 11) is 0. The molecular weight excluding hydrogens is 114 g/mol. The molecule has 0 bridgehead atoms. The topological polar surface area (TPSA) is 29.1 Å². The van der Waals surface area contributed by atoms with Gasteiger partial charge in [0.25, 0.3) is 0 Å². The zero-order valence-corrected chi connectivity index (χ0v) is 5.81. The molecule has 0 aromatic rings. The van der Waals surface area contributed by atoms with Gasteiger partial charge in [-0.3, -0.25) is 4.79 Å². The number of carbonyl (C=O) groups is 1. The van der Waals surface area contributed by atoms with Gasteiger partial charge in [-0.05, 0) is 12.8 Å². The summed E-state index contributed by atoms with van der Waals surface area (Å²) in [6.45, 7) is 3.01. The first-order valence-electron chi connectivity index (χ1n) is 3.62. The molecule has 0 radical (unpaired) electrons. The summed E-state index contributed by atoms with van der Waals surface area (Å²) < 4.78 is 0. The van der Waals surface area contributed by atoms with Gasteiger partial charge in [-0.2, -0.15) is 0 Å². The van der Waals surface area contributed by atoms with Crippen molar-refractivity contribution in [1.82, 2.24) is 5.32 Å². The first-order valence-corrected chi connectivity index (χ1v) is 3.62. The Bertz CT molecular complexity index is 111. The molecule has 1 aliphatic rings. The number of amides is 1. The summed E-state index contributed by atoms with van der Waals surface area (Å²) in [5.74, 6) is 0.590. The molecule has 1 heterocycles. The van der Waals surface area contributed by atoms with Crippen molar-refractivity contribution in [2.24, 2.45) is 5.92 Å². The molecule has 0 aromatic heterocycles. The lowest BCUT2D eigenvalue weighted by Gasteiger charge is -2.01. The van der Waals surface area contributed by atoms with Crippen molar-refractivity contribution in [1.29, 1.82) is 0 Å². The van der Waals surface area contributed by atoms with Gasteiger partial charge in [-0.1, -0.05) is 13.3 Å². The van der Waals surface area contributed by atoms with Crippen LogP contribution < -0.4 is 5.32 Å². The van der Waals surface area contributed by atoms with Crippen LogP contribution in [0.15, 0.2) is 0 Å². The van der Waals surface area contributed by atoms with Crippen LogP contribution in [0.3, 0.4) is 0 Å². The number of carbonyl (C=O) groups excluding carboxylic acids is 1. The maximum Gasteiger partial charge on any atom is 0.223 e. The average molecular weight is 127 g/mol. The van der Waals surface area contributed by atoms with Crippen molar-refractivity contribution in [3.8, 4) is 0 Å². The van der Waals surface area contributed by atoms with E-state index in [4.69, 9.17) is 0 Å². The maximum absolute atomic E-state index is 10.9. The van der Waals surface area contributed by atoms with Gasteiger partial charge < -0.3 is 5.32 Å². The van der Waals surface area contributed by atoms with E-state index >= 15 is 0 Å². The molecule has 1 fully saturated rings. The fourth-order valence-electron chi connectivity index (χ4n) is 1.27. The molecule has 1 saturated heterocycles. The van der Waals surface area contributed by atoms with Gasteiger partial charge in [-0.15, -0.1) is 0 Å². The Balaban J connectivity index is 2.31. The van der Waals surface area contributed by atoms with Crippen molar-refractivity contribution < 1.29 is 4.79 Å². The Morgan fingerprint density at radius 2 is 2.56 bits per heavy atom. The smallest absolute Gasteiger partial charge is 0.223 e. The van der Waals surface area contributed by atoms with E-state index in [1.54, 1.807) is 0 Å².